The van der Waals surface area contributed by atoms with Crippen LogP contribution in [0.1, 0.15) is 28.4 Å². The number of nitrogens with one attached hydrogen (secondary N) is 2. The average molecular weight is 419 g/mol. The lowest BCUT2D eigenvalue weighted by molar-refractivity contribution is -0.120. The zero-order valence-corrected chi connectivity index (χ0v) is 17.3. The first-order valence-electron chi connectivity index (χ1n) is 10.0. The topological polar surface area (TPSA) is 89.5 Å². The number of carbonyl (C=O) groups is 2. The summed E-state index contributed by atoms with van der Waals surface area (Å²) < 4.78 is 11.1. The molecule has 0 aliphatic carbocycles. The second kappa shape index (κ2) is 11.3. The van der Waals surface area contributed by atoms with E-state index in [1.165, 1.54) is 0 Å². The predicted molar refractivity (Wildman–Crippen MR) is 117 cm³/mol. The van der Waals surface area contributed by atoms with Crippen molar-refractivity contribution in [1.82, 2.24) is 15.6 Å². The fourth-order valence-electron chi connectivity index (χ4n) is 2.75. The molecule has 2 amide bonds. The van der Waals surface area contributed by atoms with E-state index >= 15 is 0 Å². The summed E-state index contributed by atoms with van der Waals surface area (Å²) >= 11 is 0. The van der Waals surface area contributed by atoms with Crippen molar-refractivity contribution in [2.45, 2.75) is 20.1 Å². The van der Waals surface area contributed by atoms with Gasteiger partial charge in [0.25, 0.3) is 5.91 Å². The minimum absolute atomic E-state index is 0.0989. The zero-order valence-electron chi connectivity index (χ0n) is 17.3. The van der Waals surface area contributed by atoms with Gasteiger partial charge in [0.2, 0.25) is 5.91 Å². The molecule has 0 saturated heterocycles. The first kappa shape index (κ1) is 21.8. The number of hydrogen-bond donors (Lipinski definition) is 2. The summed E-state index contributed by atoms with van der Waals surface area (Å²) in [7, 11) is 0. The summed E-state index contributed by atoms with van der Waals surface area (Å²) in [6.45, 7) is 3.16. The van der Waals surface area contributed by atoms with Crippen molar-refractivity contribution in [3.8, 4) is 11.5 Å². The van der Waals surface area contributed by atoms with E-state index in [9.17, 15) is 9.59 Å². The number of carbonyl (C=O) groups excluding carboxylic acids is 2. The molecule has 2 N–H and O–H groups in total. The number of rotatable bonds is 10. The normalized spacial score (nSPS) is 10.2. The maximum Gasteiger partial charge on any atom is 0.251 e. The first-order valence-corrected chi connectivity index (χ1v) is 10.0. The van der Waals surface area contributed by atoms with Crippen LogP contribution in [0.2, 0.25) is 0 Å². The highest BCUT2D eigenvalue weighted by Gasteiger charge is 2.08. The highest BCUT2D eigenvalue weighted by molar-refractivity contribution is 5.96. The zero-order chi connectivity index (χ0) is 21.9. The molecule has 1 heterocycles. The van der Waals surface area contributed by atoms with E-state index < -0.39 is 0 Å². The number of hydrogen-bond acceptors (Lipinski definition) is 5. The molecule has 2 aromatic carbocycles. The number of ether oxygens (including phenoxy) is 2. The molecule has 3 rings (SSSR count). The molecule has 7 nitrogen and oxygen atoms in total. The third kappa shape index (κ3) is 7.15. The lowest BCUT2D eigenvalue weighted by atomic mass is 10.2. The third-order valence-electron chi connectivity index (χ3n) is 4.38. The van der Waals surface area contributed by atoms with Crippen LogP contribution in [0.3, 0.4) is 0 Å². The molecule has 160 valence electrons. The van der Waals surface area contributed by atoms with E-state index in [0.717, 1.165) is 16.9 Å². The molecule has 0 spiro atoms. The van der Waals surface area contributed by atoms with E-state index in [2.05, 4.69) is 15.6 Å². The van der Waals surface area contributed by atoms with Gasteiger partial charge in [-0.3, -0.25) is 14.6 Å². The number of pyridine rings is 1. The van der Waals surface area contributed by atoms with Gasteiger partial charge in [0.05, 0.1) is 13.2 Å². The molecular formula is C24H25N3O4. The Morgan fingerprint density at radius 3 is 2.26 bits per heavy atom. The van der Waals surface area contributed by atoms with Crippen LogP contribution in [-0.4, -0.2) is 29.9 Å². The van der Waals surface area contributed by atoms with Gasteiger partial charge in [0.1, 0.15) is 18.1 Å². The average Bonchev–Trinajstić information content (AvgIpc) is 2.82. The molecule has 0 saturated carbocycles. The van der Waals surface area contributed by atoms with Crippen LogP contribution >= 0.6 is 0 Å². The quantitative estimate of drug-likeness (QED) is 0.527. The van der Waals surface area contributed by atoms with E-state index in [-0.39, 0.29) is 18.4 Å². The summed E-state index contributed by atoms with van der Waals surface area (Å²) in [5.74, 6) is 0.858. The van der Waals surface area contributed by atoms with Crippen LogP contribution in [0, 0.1) is 0 Å². The maximum atomic E-state index is 12.1. The van der Waals surface area contributed by atoms with E-state index in [4.69, 9.17) is 9.47 Å². The molecule has 0 aliphatic heterocycles. The molecule has 3 aromatic rings. The molecule has 0 atom stereocenters. The van der Waals surface area contributed by atoms with Crippen molar-refractivity contribution in [2.75, 3.05) is 13.2 Å². The van der Waals surface area contributed by atoms with Crippen molar-refractivity contribution in [3.05, 3.63) is 89.7 Å². The van der Waals surface area contributed by atoms with Crippen molar-refractivity contribution in [1.29, 1.82) is 0 Å². The molecule has 0 bridgehead atoms. The van der Waals surface area contributed by atoms with E-state index in [1.807, 2.05) is 43.3 Å². The molecule has 0 radical (unpaired) electrons. The Labute approximate surface area is 181 Å². The van der Waals surface area contributed by atoms with Gasteiger partial charge in [0, 0.05) is 30.1 Å². The number of nitrogens with zero attached hydrogens (tertiary/aromatic N) is 1. The highest BCUT2D eigenvalue weighted by atomic mass is 16.5. The lowest BCUT2D eigenvalue weighted by Gasteiger charge is -2.09. The van der Waals surface area contributed by atoms with Gasteiger partial charge in [0.15, 0.2) is 0 Å². The van der Waals surface area contributed by atoms with Crippen LogP contribution < -0.4 is 20.1 Å². The Kier molecular flexibility index (Phi) is 7.99. The molecular weight excluding hydrogens is 394 g/mol. The number of aromatic nitrogens is 1. The molecule has 31 heavy (non-hydrogen) atoms. The van der Waals surface area contributed by atoms with Crippen LogP contribution in [0.4, 0.5) is 0 Å². The van der Waals surface area contributed by atoms with Gasteiger partial charge in [-0.1, -0.05) is 18.2 Å². The first-order chi connectivity index (χ1) is 15.1. The van der Waals surface area contributed by atoms with Crippen molar-refractivity contribution in [2.24, 2.45) is 0 Å². The smallest absolute Gasteiger partial charge is 0.251 e. The Morgan fingerprint density at radius 1 is 0.871 bits per heavy atom. The van der Waals surface area contributed by atoms with Crippen LogP contribution in [0.15, 0.2) is 73.1 Å². The molecule has 0 aliphatic rings. The largest absolute Gasteiger partial charge is 0.494 e. The fraction of sp³-hybridized carbons (Fsp3) is 0.208. The van der Waals surface area contributed by atoms with Crippen molar-refractivity contribution >= 4 is 11.8 Å². The number of benzene rings is 2. The van der Waals surface area contributed by atoms with Crippen molar-refractivity contribution < 1.29 is 19.1 Å². The van der Waals surface area contributed by atoms with Crippen LogP contribution in [0.5, 0.6) is 11.5 Å². The maximum absolute atomic E-state index is 12.1. The minimum atomic E-state index is -0.312. The number of amides is 2. The molecule has 7 heteroatoms. The predicted octanol–water partition coefficient (Wildman–Crippen LogP) is 3.11. The Bertz CT molecular complexity index is 974. The van der Waals surface area contributed by atoms with Gasteiger partial charge in [-0.15, -0.1) is 0 Å². The second-order valence-electron chi connectivity index (χ2n) is 6.71. The summed E-state index contributed by atoms with van der Waals surface area (Å²) in [6.07, 6.45) is 3.48. The Balaban J connectivity index is 1.38. The lowest BCUT2D eigenvalue weighted by Crippen LogP contribution is -2.36. The monoisotopic (exact) mass is 419 g/mol. The summed E-state index contributed by atoms with van der Waals surface area (Å²) in [5.41, 5.74) is 2.39. The van der Waals surface area contributed by atoms with Gasteiger partial charge >= 0.3 is 0 Å². The van der Waals surface area contributed by atoms with E-state index in [0.29, 0.717) is 31.1 Å². The highest BCUT2D eigenvalue weighted by Crippen LogP contribution is 2.14. The van der Waals surface area contributed by atoms with Gasteiger partial charge in [-0.25, -0.2) is 0 Å². The molecule has 0 fully saturated rings. The summed E-state index contributed by atoms with van der Waals surface area (Å²) in [6, 6.07) is 18.1. The SMILES string of the molecule is CCOc1ccc(C(=O)NCC(=O)NCc2ccc(OCc3cccnc3)cc2)cc1. The molecule has 0 unspecified atom stereocenters. The third-order valence-corrected chi connectivity index (χ3v) is 4.38. The summed E-state index contributed by atoms with van der Waals surface area (Å²) in [4.78, 5) is 28.2. The van der Waals surface area contributed by atoms with E-state index in [1.54, 1.807) is 36.7 Å². The van der Waals surface area contributed by atoms with Crippen LogP contribution in [-0.2, 0) is 17.9 Å². The Hall–Kier alpha value is -3.87. The standard InChI is InChI=1S/C24H25N3O4/c1-2-30-21-11-7-20(8-12-21)24(29)27-16-23(28)26-15-18-5-9-22(10-6-18)31-17-19-4-3-13-25-14-19/h3-14H,2,15-17H2,1H3,(H,26,28)(H,27,29). The minimum Gasteiger partial charge on any atom is -0.494 e. The molecule has 1 aromatic heterocycles. The second-order valence-corrected chi connectivity index (χ2v) is 6.71. The van der Waals surface area contributed by atoms with Gasteiger partial charge in [-0.2, -0.15) is 0 Å². The van der Waals surface area contributed by atoms with Crippen molar-refractivity contribution in [3.63, 3.8) is 0 Å². The van der Waals surface area contributed by atoms with Crippen LogP contribution in [0.25, 0.3) is 0 Å². The Morgan fingerprint density at radius 2 is 1.58 bits per heavy atom. The van der Waals surface area contributed by atoms with Gasteiger partial charge < -0.3 is 20.1 Å². The fourth-order valence-corrected chi connectivity index (χ4v) is 2.75. The van der Waals surface area contributed by atoms with Gasteiger partial charge in [-0.05, 0) is 55.0 Å². The summed E-state index contributed by atoms with van der Waals surface area (Å²) in [5, 5.41) is 5.40.